The maximum absolute atomic E-state index is 12.9. The van der Waals surface area contributed by atoms with E-state index in [0.29, 0.717) is 25.3 Å². The van der Waals surface area contributed by atoms with Gasteiger partial charge in [0.25, 0.3) is 0 Å². The van der Waals surface area contributed by atoms with Crippen molar-refractivity contribution in [1.29, 1.82) is 0 Å². The maximum Gasteiger partial charge on any atom is 0.311 e. The van der Waals surface area contributed by atoms with E-state index in [1.54, 1.807) is 0 Å². The second kappa shape index (κ2) is 8.40. The Kier molecular flexibility index (Phi) is 6.69. The molecule has 2 saturated carbocycles. The molecule has 2 fully saturated rings. The van der Waals surface area contributed by atoms with E-state index in [2.05, 4.69) is 5.32 Å². The van der Waals surface area contributed by atoms with Crippen molar-refractivity contribution in [2.24, 2.45) is 22.7 Å². The number of aliphatic carboxylic acids is 1. The first-order valence-corrected chi connectivity index (χ1v) is 9.86. The molecule has 2 aliphatic rings. The molecule has 0 saturated heterocycles. The summed E-state index contributed by atoms with van der Waals surface area (Å²) in [5.74, 6) is -0.486. The lowest BCUT2D eigenvalue weighted by Gasteiger charge is -2.47. The van der Waals surface area contributed by atoms with Gasteiger partial charge in [-0.15, -0.1) is 0 Å². The van der Waals surface area contributed by atoms with E-state index in [0.717, 1.165) is 32.1 Å². The average molecular weight is 367 g/mol. The third-order valence-electron chi connectivity index (χ3n) is 6.30. The first-order valence-electron chi connectivity index (χ1n) is 9.86. The lowest BCUT2D eigenvalue weighted by molar-refractivity contribution is -0.154. The number of hydrogen-bond donors (Lipinski definition) is 2. The summed E-state index contributed by atoms with van der Waals surface area (Å²) >= 11 is 0. The van der Waals surface area contributed by atoms with Crippen molar-refractivity contribution in [3.8, 4) is 0 Å². The number of carbonyl (C=O) groups is 3. The smallest absolute Gasteiger partial charge is 0.311 e. The zero-order valence-corrected chi connectivity index (χ0v) is 16.3. The number of carbonyl (C=O) groups excluding carboxylic acids is 2. The predicted molar refractivity (Wildman–Crippen MR) is 97.4 cm³/mol. The van der Waals surface area contributed by atoms with Crippen molar-refractivity contribution >= 4 is 17.8 Å². The number of esters is 1. The molecular formula is C20H33NO5. The van der Waals surface area contributed by atoms with Gasteiger partial charge >= 0.3 is 11.9 Å². The van der Waals surface area contributed by atoms with Crippen LogP contribution in [0, 0.1) is 22.7 Å². The molecule has 0 heterocycles. The van der Waals surface area contributed by atoms with Crippen LogP contribution in [0.2, 0.25) is 0 Å². The average Bonchev–Trinajstić information content (AvgIpc) is 2.57. The van der Waals surface area contributed by atoms with Crippen LogP contribution in [0.5, 0.6) is 0 Å². The van der Waals surface area contributed by atoms with Gasteiger partial charge in [0.05, 0.1) is 12.0 Å². The minimum absolute atomic E-state index is 0.00286. The second-order valence-electron chi connectivity index (χ2n) is 8.78. The SMILES string of the molecule is CCC(C)(C)C(=O)OCCNC(=O)C12CCCC(CC(CC(=O)O)C1)C2. The van der Waals surface area contributed by atoms with E-state index in [-0.39, 0.29) is 30.8 Å². The number of fused-ring (bicyclic) bond motifs is 2. The molecule has 6 nitrogen and oxygen atoms in total. The fourth-order valence-corrected chi connectivity index (χ4v) is 4.52. The van der Waals surface area contributed by atoms with Crippen LogP contribution in [0.3, 0.4) is 0 Å². The first-order chi connectivity index (χ1) is 12.2. The third kappa shape index (κ3) is 4.98. The van der Waals surface area contributed by atoms with Crippen LogP contribution < -0.4 is 5.32 Å². The highest BCUT2D eigenvalue weighted by atomic mass is 16.5. The number of nitrogens with one attached hydrogen (secondary N) is 1. The third-order valence-corrected chi connectivity index (χ3v) is 6.30. The van der Waals surface area contributed by atoms with Crippen LogP contribution in [-0.4, -0.2) is 36.1 Å². The summed E-state index contributed by atoms with van der Waals surface area (Å²) in [4.78, 5) is 35.9. The largest absolute Gasteiger partial charge is 0.481 e. The van der Waals surface area contributed by atoms with E-state index in [9.17, 15) is 14.4 Å². The number of rotatable bonds is 8. The Morgan fingerprint density at radius 1 is 1.27 bits per heavy atom. The molecule has 3 unspecified atom stereocenters. The van der Waals surface area contributed by atoms with Crippen LogP contribution in [0.4, 0.5) is 0 Å². The fraction of sp³-hybridized carbons (Fsp3) is 0.850. The molecule has 0 aromatic carbocycles. The molecule has 0 spiro atoms. The summed E-state index contributed by atoms with van der Waals surface area (Å²) in [5.41, 5.74) is -0.944. The van der Waals surface area contributed by atoms with Crippen molar-refractivity contribution in [3.63, 3.8) is 0 Å². The zero-order valence-electron chi connectivity index (χ0n) is 16.3. The predicted octanol–water partition coefficient (Wildman–Crippen LogP) is 3.14. The molecule has 0 aromatic rings. The van der Waals surface area contributed by atoms with Gasteiger partial charge in [0, 0.05) is 11.8 Å². The normalized spacial score (nSPS) is 28.3. The summed E-state index contributed by atoms with van der Waals surface area (Å²) in [7, 11) is 0. The molecule has 0 radical (unpaired) electrons. The molecule has 2 bridgehead atoms. The topological polar surface area (TPSA) is 92.7 Å². The van der Waals surface area contributed by atoms with Gasteiger partial charge in [0.15, 0.2) is 0 Å². The zero-order chi connectivity index (χ0) is 19.4. The van der Waals surface area contributed by atoms with Crippen molar-refractivity contribution < 1.29 is 24.2 Å². The summed E-state index contributed by atoms with van der Waals surface area (Å²) < 4.78 is 5.28. The molecule has 3 atom stereocenters. The van der Waals surface area contributed by atoms with Crippen molar-refractivity contribution in [3.05, 3.63) is 0 Å². The van der Waals surface area contributed by atoms with Crippen LogP contribution in [0.25, 0.3) is 0 Å². The maximum atomic E-state index is 12.9. The van der Waals surface area contributed by atoms with Crippen LogP contribution in [0.15, 0.2) is 0 Å². The highest BCUT2D eigenvalue weighted by Crippen LogP contribution is 2.51. The van der Waals surface area contributed by atoms with Crippen molar-refractivity contribution in [1.82, 2.24) is 5.32 Å². The summed E-state index contributed by atoms with van der Waals surface area (Å²) in [6, 6.07) is 0. The molecule has 0 aromatic heterocycles. The lowest BCUT2D eigenvalue weighted by atomic mass is 9.58. The Balaban J connectivity index is 1.86. The molecular weight excluding hydrogens is 334 g/mol. The molecule has 2 rings (SSSR count). The number of carboxylic acid groups (broad SMARTS) is 1. The van der Waals surface area contributed by atoms with E-state index in [4.69, 9.17) is 9.84 Å². The van der Waals surface area contributed by atoms with Crippen molar-refractivity contribution in [2.45, 2.75) is 72.1 Å². The molecule has 26 heavy (non-hydrogen) atoms. The van der Waals surface area contributed by atoms with Crippen LogP contribution >= 0.6 is 0 Å². The fourth-order valence-electron chi connectivity index (χ4n) is 4.52. The molecule has 0 aliphatic heterocycles. The molecule has 1 amide bonds. The second-order valence-corrected chi connectivity index (χ2v) is 8.78. The van der Waals surface area contributed by atoms with E-state index >= 15 is 0 Å². The number of amides is 1. The van der Waals surface area contributed by atoms with Gasteiger partial charge in [-0.3, -0.25) is 14.4 Å². The van der Waals surface area contributed by atoms with E-state index < -0.39 is 16.8 Å². The van der Waals surface area contributed by atoms with Gasteiger partial charge in [-0.1, -0.05) is 19.8 Å². The molecule has 2 aliphatic carbocycles. The minimum atomic E-state index is -0.781. The van der Waals surface area contributed by atoms with Gasteiger partial charge in [0.2, 0.25) is 5.91 Å². The van der Waals surface area contributed by atoms with Crippen molar-refractivity contribution in [2.75, 3.05) is 13.2 Å². The summed E-state index contributed by atoms with van der Waals surface area (Å²) in [6.45, 7) is 6.12. The Morgan fingerprint density at radius 3 is 2.65 bits per heavy atom. The number of hydrogen-bond acceptors (Lipinski definition) is 4. The monoisotopic (exact) mass is 367 g/mol. The quantitative estimate of drug-likeness (QED) is 0.508. The standard InChI is InChI=1S/C20H33NO5/c1-4-19(2,3)18(25)26-9-8-21-17(24)20-7-5-6-14(12-20)10-15(13-20)11-16(22)23/h14-15H,4-13H2,1-3H3,(H,21,24)(H,22,23). The van der Waals surface area contributed by atoms with E-state index in [1.807, 2.05) is 20.8 Å². The summed E-state index contributed by atoms with van der Waals surface area (Å²) in [5, 5.41) is 12.0. The van der Waals surface area contributed by atoms with Gasteiger partial charge in [-0.2, -0.15) is 0 Å². The molecule has 6 heteroatoms. The van der Waals surface area contributed by atoms with Gasteiger partial charge in [0.1, 0.15) is 6.61 Å². The Bertz CT molecular complexity index is 544. The Hall–Kier alpha value is -1.59. The van der Waals surface area contributed by atoms with Gasteiger partial charge in [-0.05, 0) is 57.8 Å². The van der Waals surface area contributed by atoms with Gasteiger partial charge in [-0.25, -0.2) is 0 Å². The summed E-state index contributed by atoms with van der Waals surface area (Å²) in [6.07, 6.45) is 6.23. The molecule has 2 N–H and O–H groups in total. The Morgan fingerprint density at radius 2 is 2.00 bits per heavy atom. The number of ether oxygens (including phenoxy) is 1. The van der Waals surface area contributed by atoms with Crippen LogP contribution in [-0.2, 0) is 19.1 Å². The van der Waals surface area contributed by atoms with Gasteiger partial charge < -0.3 is 15.2 Å². The first kappa shape index (κ1) is 20.7. The molecule has 148 valence electrons. The minimum Gasteiger partial charge on any atom is -0.481 e. The number of carboxylic acids is 1. The highest BCUT2D eigenvalue weighted by Gasteiger charge is 2.48. The Labute approximate surface area is 156 Å². The highest BCUT2D eigenvalue weighted by molar-refractivity contribution is 5.83. The van der Waals surface area contributed by atoms with E-state index in [1.165, 1.54) is 0 Å². The lowest BCUT2D eigenvalue weighted by Crippen LogP contribution is -2.49. The van der Waals surface area contributed by atoms with Crippen LogP contribution in [0.1, 0.15) is 72.1 Å².